The smallest absolute Gasteiger partial charge is 0.134 e. The number of phenolic OH excluding ortho intramolecular Hbond substituents is 1. The molecule has 1 aromatic carbocycles. The molecular formula is C17H23N3O. The Morgan fingerprint density at radius 3 is 3.00 bits per heavy atom. The quantitative estimate of drug-likeness (QED) is 0.809. The van der Waals surface area contributed by atoms with E-state index in [0.29, 0.717) is 12.5 Å². The summed E-state index contributed by atoms with van der Waals surface area (Å²) in [5.41, 5.74) is 6.02. The number of pyridine rings is 1. The number of aromatic hydroxyl groups is 1. The summed E-state index contributed by atoms with van der Waals surface area (Å²) >= 11 is 0. The van der Waals surface area contributed by atoms with Crippen LogP contribution in [0.5, 0.6) is 5.75 Å². The van der Waals surface area contributed by atoms with Gasteiger partial charge in [-0.25, -0.2) is 4.98 Å². The zero-order valence-electron chi connectivity index (χ0n) is 12.5. The Hall–Kier alpha value is -1.81. The molecule has 1 aromatic heterocycles. The van der Waals surface area contributed by atoms with Gasteiger partial charge in [0.05, 0.1) is 5.54 Å². The fraction of sp³-hybridized carbons (Fsp3) is 0.471. The third kappa shape index (κ3) is 2.56. The summed E-state index contributed by atoms with van der Waals surface area (Å²) in [5.74, 6) is 1.60. The van der Waals surface area contributed by atoms with Gasteiger partial charge in [0, 0.05) is 18.1 Å². The van der Waals surface area contributed by atoms with Crippen molar-refractivity contribution in [3.05, 3.63) is 30.5 Å². The predicted molar refractivity (Wildman–Crippen MR) is 86.4 cm³/mol. The van der Waals surface area contributed by atoms with E-state index in [1.54, 1.807) is 18.3 Å². The molecule has 4 nitrogen and oxygen atoms in total. The molecule has 0 spiro atoms. The average molecular weight is 285 g/mol. The molecule has 0 amide bonds. The molecular weight excluding hydrogens is 262 g/mol. The standard InChI is InChI=1S/C17H23N3O/c1-12-4-2-3-8-17(12,11-18)20-16-15-10-14(21)6-5-13(15)7-9-19-16/h5-7,9-10,12,21H,2-4,8,11,18H2,1H3,(H,19,20). The van der Waals surface area contributed by atoms with Gasteiger partial charge in [0.15, 0.2) is 0 Å². The maximum absolute atomic E-state index is 9.75. The number of phenols is 1. The Labute approximate surface area is 125 Å². The summed E-state index contributed by atoms with van der Waals surface area (Å²) in [5, 5.41) is 15.4. The van der Waals surface area contributed by atoms with E-state index >= 15 is 0 Å². The maximum Gasteiger partial charge on any atom is 0.134 e. The minimum atomic E-state index is -0.0923. The SMILES string of the molecule is CC1CCCCC1(CN)Nc1nccc2ccc(O)cc12. The highest BCUT2D eigenvalue weighted by Crippen LogP contribution is 2.37. The van der Waals surface area contributed by atoms with E-state index in [1.807, 2.05) is 12.1 Å². The van der Waals surface area contributed by atoms with Crippen molar-refractivity contribution in [1.82, 2.24) is 4.98 Å². The lowest BCUT2D eigenvalue weighted by Crippen LogP contribution is -2.52. The van der Waals surface area contributed by atoms with Crippen LogP contribution < -0.4 is 11.1 Å². The van der Waals surface area contributed by atoms with Crippen molar-refractivity contribution >= 4 is 16.6 Å². The van der Waals surface area contributed by atoms with Crippen LogP contribution in [0.15, 0.2) is 30.5 Å². The Balaban J connectivity index is 2.02. The van der Waals surface area contributed by atoms with Crippen LogP contribution >= 0.6 is 0 Å². The summed E-state index contributed by atoms with van der Waals surface area (Å²) in [6.07, 6.45) is 6.54. The van der Waals surface area contributed by atoms with E-state index in [1.165, 1.54) is 19.3 Å². The third-order valence-corrected chi connectivity index (χ3v) is 4.93. The van der Waals surface area contributed by atoms with Crippen LogP contribution in [0.3, 0.4) is 0 Å². The second-order valence-electron chi connectivity index (χ2n) is 6.20. The summed E-state index contributed by atoms with van der Waals surface area (Å²) in [6, 6.07) is 7.34. The highest BCUT2D eigenvalue weighted by Gasteiger charge is 2.37. The van der Waals surface area contributed by atoms with Gasteiger partial charge in [-0.2, -0.15) is 0 Å². The Bertz CT molecular complexity index is 643. The molecule has 2 aromatic rings. The first-order valence-electron chi connectivity index (χ1n) is 7.71. The number of hydrogen-bond donors (Lipinski definition) is 3. The van der Waals surface area contributed by atoms with E-state index in [4.69, 9.17) is 5.73 Å². The van der Waals surface area contributed by atoms with E-state index in [-0.39, 0.29) is 11.3 Å². The molecule has 3 rings (SSSR count). The molecule has 0 radical (unpaired) electrons. The number of nitrogens with two attached hydrogens (primary N) is 1. The molecule has 0 saturated heterocycles. The molecule has 1 aliphatic carbocycles. The molecule has 4 N–H and O–H groups in total. The lowest BCUT2D eigenvalue weighted by atomic mass is 9.73. The van der Waals surface area contributed by atoms with E-state index in [0.717, 1.165) is 23.0 Å². The first-order valence-corrected chi connectivity index (χ1v) is 7.71. The van der Waals surface area contributed by atoms with Crippen LogP contribution in [0.25, 0.3) is 10.8 Å². The van der Waals surface area contributed by atoms with E-state index in [2.05, 4.69) is 17.2 Å². The van der Waals surface area contributed by atoms with Gasteiger partial charge in [0.25, 0.3) is 0 Å². The fourth-order valence-corrected chi connectivity index (χ4v) is 3.45. The van der Waals surface area contributed by atoms with Crippen LogP contribution in [0.1, 0.15) is 32.6 Å². The molecule has 1 heterocycles. The van der Waals surface area contributed by atoms with Gasteiger partial charge in [0.2, 0.25) is 0 Å². The molecule has 0 bridgehead atoms. The van der Waals surface area contributed by atoms with Crippen molar-refractivity contribution in [3.63, 3.8) is 0 Å². The number of anilines is 1. The number of nitrogens with one attached hydrogen (secondary N) is 1. The highest BCUT2D eigenvalue weighted by atomic mass is 16.3. The second kappa shape index (κ2) is 5.53. The molecule has 4 heteroatoms. The van der Waals surface area contributed by atoms with Crippen molar-refractivity contribution in [2.45, 2.75) is 38.1 Å². The average Bonchev–Trinajstić information content (AvgIpc) is 2.50. The first-order chi connectivity index (χ1) is 10.1. The van der Waals surface area contributed by atoms with Gasteiger partial charge in [-0.1, -0.05) is 25.8 Å². The minimum absolute atomic E-state index is 0.0923. The van der Waals surface area contributed by atoms with Crippen molar-refractivity contribution in [2.75, 3.05) is 11.9 Å². The highest BCUT2D eigenvalue weighted by molar-refractivity contribution is 5.93. The Morgan fingerprint density at radius 1 is 1.38 bits per heavy atom. The number of rotatable bonds is 3. The summed E-state index contributed by atoms with van der Waals surface area (Å²) < 4.78 is 0. The molecule has 2 atom stereocenters. The normalized spacial score (nSPS) is 25.9. The molecule has 1 saturated carbocycles. The number of aromatic nitrogens is 1. The number of benzene rings is 1. The zero-order chi connectivity index (χ0) is 14.9. The van der Waals surface area contributed by atoms with Crippen molar-refractivity contribution in [1.29, 1.82) is 0 Å². The molecule has 2 unspecified atom stereocenters. The van der Waals surface area contributed by atoms with Gasteiger partial charge in [-0.3, -0.25) is 0 Å². The number of nitrogens with zero attached hydrogens (tertiary/aromatic N) is 1. The summed E-state index contributed by atoms with van der Waals surface area (Å²) in [7, 11) is 0. The van der Waals surface area contributed by atoms with Gasteiger partial charge < -0.3 is 16.2 Å². The lowest BCUT2D eigenvalue weighted by Gasteiger charge is -2.43. The van der Waals surface area contributed by atoms with Crippen LogP contribution in [-0.2, 0) is 0 Å². The molecule has 0 aliphatic heterocycles. The first kappa shape index (κ1) is 14.1. The number of hydrogen-bond acceptors (Lipinski definition) is 4. The molecule has 1 fully saturated rings. The monoisotopic (exact) mass is 285 g/mol. The largest absolute Gasteiger partial charge is 0.508 e. The summed E-state index contributed by atoms with van der Waals surface area (Å²) in [4.78, 5) is 4.49. The fourth-order valence-electron chi connectivity index (χ4n) is 3.45. The lowest BCUT2D eigenvalue weighted by molar-refractivity contribution is 0.235. The van der Waals surface area contributed by atoms with Crippen LogP contribution in [-0.4, -0.2) is 22.2 Å². The predicted octanol–water partition coefficient (Wildman–Crippen LogP) is 3.26. The molecule has 112 valence electrons. The van der Waals surface area contributed by atoms with Crippen molar-refractivity contribution < 1.29 is 5.11 Å². The molecule has 21 heavy (non-hydrogen) atoms. The van der Waals surface area contributed by atoms with Gasteiger partial charge in [0.1, 0.15) is 11.6 Å². The summed E-state index contributed by atoms with van der Waals surface area (Å²) in [6.45, 7) is 2.87. The van der Waals surface area contributed by atoms with Crippen LogP contribution in [0.4, 0.5) is 5.82 Å². The second-order valence-corrected chi connectivity index (χ2v) is 6.20. The van der Waals surface area contributed by atoms with Crippen molar-refractivity contribution in [3.8, 4) is 5.75 Å². The minimum Gasteiger partial charge on any atom is -0.508 e. The van der Waals surface area contributed by atoms with Gasteiger partial charge in [-0.05, 0) is 42.3 Å². The Kier molecular flexibility index (Phi) is 3.72. The Morgan fingerprint density at radius 2 is 2.24 bits per heavy atom. The van der Waals surface area contributed by atoms with Crippen LogP contribution in [0.2, 0.25) is 0 Å². The third-order valence-electron chi connectivity index (χ3n) is 4.93. The van der Waals surface area contributed by atoms with E-state index < -0.39 is 0 Å². The van der Waals surface area contributed by atoms with Crippen molar-refractivity contribution in [2.24, 2.45) is 11.7 Å². The molecule has 1 aliphatic rings. The zero-order valence-corrected chi connectivity index (χ0v) is 12.5. The topological polar surface area (TPSA) is 71.2 Å². The van der Waals surface area contributed by atoms with E-state index in [9.17, 15) is 5.11 Å². The van der Waals surface area contributed by atoms with Crippen LogP contribution in [0, 0.1) is 5.92 Å². The number of fused-ring (bicyclic) bond motifs is 1. The maximum atomic E-state index is 9.75. The van der Waals surface area contributed by atoms with Gasteiger partial charge >= 0.3 is 0 Å². The van der Waals surface area contributed by atoms with Gasteiger partial charge in [-0.15, -0.1) is 0 Å².